The molecule has 1 aliphatic carbocycles. The number of amides is 2. The van der Waals surface area contributed by atoms with Gasteiger partial charge in [0, 0.05) is 6.54 Å². The van der Waals surface area contributed by atoms with E-state index >= 15 is 0 Å². The first kappa shape index (κ1) is 14.4. The third-order valence-corrected chi connectivity index (χ3v) is 4.33. The maximum Gasteiger partial charge on any atom is 0.249 e. The topological polar surface area (TPSA) is 49.4 Å². The molecular formula is C15H26N2O2. The van der Waals surface area contributed by atoms with Crippen LogP contribution in [0.3, 0.4) is 0 Å². The normalized spacial score (nSPS) is 32.5. The molecule has 0 aromatic carbocycles. The average molecular weight is 266 g/mol. The first-order valence-electron chi connectivity index (χ1n) is 7.35. The van der Waals surface area contributed by atoms with Gasteiger partial charge in [-0.3, -0.25) is 9.59 Å². The zero-order valence-corrected chi connectivity index (χ0v) is 12.7. The fourth-order valence-electron chi connectivity index (χ4n) is 3.20. The molecule has 0 spiro atoms. The third kappa shape index (κ3) is 2.37. The molecule has 1 saturated carbocycles. The zero-order valence-electron chi connectivity index (χ0n) is 12.7. The lowest BCUT2D eigenvalue weighted by molar-refractivity contribution is -0.159. The van der Waals surface area contributed by atoms with Gasteiger partial charge in [-0.2, -0.15) is 0 Å². The first-order valence-corrected chi connectivity index (χ1v) is 7.35. The van der Waals surface area contributed by atoms with Gasteiger partial charge in [-0.25, -0.2) is 0 Å². The highest BCUT2D eigenvalue weighted by molar-refractivity contribution is 6.00. The van der Waals surface area contributed by atoms with E-state index < -0.39 is 5.54 Å². The summed E-state index contributed by atoms with van der Waals surface area (Å²) < 4.78 is 0. The molecule has 1 saturated heterocycles. The van der Waals surface area contributed by atoms with Crippen LogP contribution in [0, 0.1) is 11.3 Å². The van der Waals surface area contributed by atoms with Crippen molar-refractivity contribution >= 4 is 11.8 Å². The molecule has 2 fully saturated rings. The van der Waals surface area contributed by atoms with Crippen molar-refractivity contribution in [3.05, 3.63) is 0 Å². The predicted octanol–water partition coefficient (Wildman–Crippen LogP) is 1.94. The van der Waals surface area contributed by atoms with Crippen LogP contribution in [0.1, 0.15) is 53.9 Å². The van der Waals surface area contributed by atoms with Gasteiger partial charge in [-0.1, -0.05) is 27.7 Å². The number of hydrogen-bond acceptors (Lipinski definition) is 2. The number of nitrogens with one attached hydrogen (secondary N) is 1. The molecule has 2 atom stereocenters. The van der Waals surface area contributed by atoms with Gasteiger partial charge in [-0.15, -0.1) is 0 Å². The molecule has 1 heterocycles. The van der Waals surface area contributed by atoms with Crippen LogP contribution in [0.2, 0.25) is 0 Å². The summed E-state index contributed by atoms with van der Waals surface area (Å²) >= 11 is 0. The Hall–Kier alpha value is -1.06. The van der Waals surface area contributed by atoms with Crippen LogP contribution in [0.25, 0.3) is 0 Å². The molecule has 0 bridgehead atoms. The van der Waals surface area contributed by atoms with E-state index in [1.54, 1.807) is 0 Å². The Kier molecular flexibility index (Phi) is 3.40. The highest BCUT2D eigenvalue weighted by atomic mass is 16.2. The number of carbonyl (C=O) groups excluding carboxylic acids is 2. The van der Waals surface area contributed by atoms with Crippen molar-refractivity contribution in [2.24, 2.45) is 11.3 Å². The maximum absolute atomic E-state index is 12.8. The smallest absolute Gasteiger partial charge is 0.249 e. The summed E-state index contributed by atoms with van der Waals surface area (Å²) in [6.45, 7) is 10.7. The summed E-state index contributed by atoms with van der Waals surface area (Å²) in [6.07, 6.45) is 2.97. The monoisotopic (exact) mass is 266 g/mol. The Morgan fingerprint density at radius 2 is 1.89 bits per heavy atom. The number of carbonyl (C=O) groups is 2. The molecule has 2 unspecified atom stereocenters. The van der Waals surface area contributed by atoms with Gasteiger partial charge in [0.25, 0.3) is 0 Å². The zero-order chi connectivity index (χ0) is 14.4. The fourth-order valence-corrected chi connectivity index (χ4v) is 3.20. The van der Waals surface area contributed by atoms with Crippen molar-refractivity contribution in [1.29, 1.82) is 0 Å². The summed E-state index contributed by atoms with van der Waals surface area (Å²) in [5.74, 6) is 0.440. The lowest BCUT2D eigenvalue weighted by Gasteiger charge is -2.48. The van der Waals surface area contributed by atoms with E-state index in [1.807, 2.05) is 39.5 Å². The SMILES string of the molecule is CCCN1C(=O)C(C)(C2CC2)NC(=O)C1C(C)(C)C. The van der Waals surface area contributed by atoms with Gasteiger partial charge in [-0.05, 0) is 37.5 Å². The van der Waals surface area contributed by atoms with Crippen molar-refractivity contribution in [3.63, 3.8) is 0 Å². The van der Waals surface area contributed by atoms with E-state index in [0.717, 1.165) is 19.3 Å². The Morgan fingerprint density at radius 1 is 1.32 bits per heavy atom. The molecule has 4 nitrogen and oxygen atoms in total. The molecule has 0 aromatic rings. The Bertz CT molecular complexity index is 395. The van der Waals surface area contributed by atoms with Crippen molar-refractivity contribution in [2.75, 3.05) is 6.54 Å². The molecule has 4 heteroatoms. The number of piperazine rings is 1. The first-order chi connectivity index (χ1) is 8.71. The second kappa shape index (κ2) is 4.50. The fraction of sp³-hybridized carbons (Fsp3) is 0.867. The van der Waals surface area contributed by atoms with Gasteiger partial charge in [0.2, 0.25) is 11.8 Å². The molecule has 0 aromatic heterocycles. The number of rotatable bonds is 3. The second-order valence-corrected chi connectivity index (χ2v) is 7.23. The Labute approximate surface area is 115 Å². The molecular weight excluding hydrogens is 240 g/mol. The second-order valence-electron chi connectivity index (χ2n) is 7.23. The van der Waals surface area contributed by atoms with E-state index in [1.165, 1.54) is 0 Å². The quantitative estimate of drug-likeness (QED) is 0.848. The highest BCUT2D eigenvalue weighted by Crippen LogP contribution is 2.43. The van der Waals surface area contributed by atoms with Crippen LogP contribution >= 0.6 is 0 Å². The van der Waals surface area contributed by atoms with E-state index in [9.17, 15) is 9.59 Å². The summed E-state index contributed by atoms with van der Waals surface area (Å²) in [6, 6.07) is -0.355. The standard InChI is InChI=1S/C15H26N2O2/c1-6-9-17-11(14(2,3)4)12(18)16-15(5,13(17)19)10-7-8-10/h10-11H,6-9H2,1-5H3,(H,16,18). The molecule has 2 aliphatic rings. The molecule has 1 aliphatic heterocycles. The maximum atomic E-state index is 12.8. The summed E-state index contributed by atoms with van der Waals surface area (Å²) in [5, 5.41) is 3.02. The summed E-state index contributed by atoms with van der Waals surface area (Å²) in [5.41, 5.74) is -0.909. The van der Waals surface area contributed by atoms with Crippen molar-refractivity contribution in [1.82, 2.24) is 10.2 Å². The van der Waals surface area contributed by atoms with Crippen LogP contribution in [0.5, 0.6) is 0 Å². The van der Waals surface area contributed by atoms with Crippen LogP contribution in [-0.2, 0) is 9.59 Å². The van der Waals surface area contributed by atoms with Gasteiger partial charge in [0.1, 0.15) is 11.6 Å². The number of nitrogens with zero attached hydrogens (tertiary/aromatic N) is 1. The van der Waals surface area contributed by atoms with E-state index in [2.05, 4.69) is 5.32 Å². The minimum atomic E-state index is -0.673. The van der Waals surface area contributed by atoms with Crippen LogP contribution < -0.4 is 5.32 Å². The molecule has 2 amide bonds. The molecule has 1 N–H and O–H groups in total. The van der Waals surface area contributed by atoms with Gasteiger partial charge in [0.05, 0.1) is 0 Å². The lowest BCUT2D eigenvalue weighted by atomic mass is 9.79. The average Bonchev–Trinajstić information content (AvgIpc) is 3.07. The molecule has 19 heavy (non-hydrogen) atoms. The van der Waals surface area contributed by atoms with Crippen LogP contribution in [-0.4, -0.2) is 34.8 Å². The predicted molar refractivity (Wildman–Crippen MR) is 74.5 cm³/mol. The summed E-state index contributed by atoms with van der Waals surface area (Å²) in [7, 11) is 0. The van der Waals surface area contributed by atoms with Crippen molar-refractivity contribution in [2.45, 2.75) is 65.5 Å². The van der Waals surface area contributed by atoms with Gasteiger partial charge >= 0.3 is 0 Å². The van der Waals surface area contributed by atoms with E-state index in [4.69, 9.17) is 0 Å². The highest BCUT2D eigenvalue weighted by Gasteiger charge is 2.56. The van der Waals surface area contributed by atoms with Crippen LogP contribution in [0.15, 0.2) is 0 Å². The largest absolute Gasteiger partial charge is 0.340 e. The lowest BCUT2D eigenvalue weighted by Crippen LogP contribution is -2.72. The number of hydrogen-bond donors (Lipinski definition) is 1. The Balaban J connectivity index is 2.34. The van der Waals surface area contributed by atoms with Crippen molar-refractivity contribution < 1.29 is 9.59 Å². The van der Waals surface area contributed by atoms with Crippen LogP contribution in [0.4, 0.5) is 0 Å². The summed E-state index contributed by atoms with van der Waals surface area (Å²) in [4.78, 5) is 27.2. The molecule has 2 rings (SSSR count). The minimum absolute atomic E-state index is 0.00921. The van der Waals surface area contributed by atoms with Crippen molar-refractivity contribution in [3.8, 4) is 0 Å². The van der Waals surface area contributed by atoms with Gasteiger partial charge < -0.3 is 10.2 Å². The van der Waals surface area contributed by atoms with E-state index in [-0.39, 0.29) is 23.3 Å². The minimum Gasteiger partial charge on any atom is -0.340 e. The molecule has 0 radical (unpaired) electrons. The molecule has 108 valence electrons. The van der Waals surface area contributed by atoms with Gasteiger partial charge in [0.15, 0.2) is 0 Å². The Morgan fingerprint density at radius 3 is 2.32 bits per heavy atom. The van der Waals surface area contributed by atoms with E-state index in [0.29, 0.717) is 12.5 Å². The third-order valence-electron chi connectivity index (χ3n) is 4.33.